The molecule has 0 aliphatic heterocycles. The van der Waals surface area contributed by atoms with E-state index in [0.29, 0.717) is 0 Å². The van der Waals surface area contributed by atoms with Crippen molar-refractivity contribution in [3.63, 3.8) is 0 Å². The molecule has 0 N–H and O–H groups in total. The molecule has 0 rings (SSSR count). The second kappa shape index (κ2) is 4.68. The first-order valence-corrected chi connectivity index (χ1v) is 3.10. The third-order valence-corrected chi connectivity index (χ3v) is 1.09. The van der Waals surface area contributed by atoms with Gasteiger partial charge >= 0.3 is 5.97 Å². The fourth-order valence-electron chi connectivity index (χ4n) is 0.392. The summed E-state index contributed by atoms with van der Waals surface area (Å²) in [5.41, 5.74) is 0.143. The quantitative estimate of drug-likeness (QED) is 0.608. The van der Waals surface area contributed by atoms with Crippen molar-refractivity contribution in [3.05, 3.63) is 24.3 Å². The summed E-state index contributed by atoms with van der Waals surface area (Å²) in [6.45, 7) is 4.64. The van der Waals surface area contributed by atoms with Crippen molar-refractivity contribution in [2.45, 2.75) is 6.92 Å². The van der Waals surface area contributed by atoms with Crippen LogP contribution in [0.25, 0.3) is 0 Å². The van der Waals surface area contributed by atoms with E-state index in [1.807, 2.05) is 0 Å². The number of carbonyl (C=O) groups excluding carboxylic acids is 2. The van der Waals surface area contributed by atoms with Crippen molar-refractivity contribution in [2.75, 3.05) is 0 Å². The van der Waals surface area contributed by atoms with Gasteiger partial charge in [0.1, 0.15) is 11.9 Å². The summed E-state index contributed by atoms with van der Waals surface area (Å²) in [5, 5.41) is 0. The molecule has 0 atom stereocenters. The summed E-state index contributed by atoms with van der Waals surface area (Å²) >= 11 is 4.75. The maximum atomic E-state index is 10.6. The second-order valence-electron chi connectivity index (χ2n) is 1.80. The van der Waals surface area contributed by atoms with Crippen LogP contribution in [0.5, 0.6) is 0 Å². The minimum atomic E-state index is -0.734. The predicted molar refractivity (Wildman–Crippen MR) is 40.9 cm³/mol. The molecular formula is C7H7ClO3. The van der Waals surface area contributed by atoms with Crippen LogP contribution in [-0.4, -0.2) is 11.8 Å². The molecule has 0 aromatic carbocycles. The van der Waals surface area contributed by atoms with Crippen LogP contribution < -0.4 is 0 Å². The maximum Gasteiger partial charge on any atom is 0.352 e. The van der Waals surface area contributed by atoms with Gasteiger partial charge in [0, 0.05) is 5.57 Å². The van der Waals surface area contributed by atoms with Crippen LogP contribution in [0.2, 0.25) is 0 Å². The van der Waals surface area contributed by atoms with E-state index in [1.165, 1.54) is 6.92 Å². The van der Waals surface area contributed by atoms with Gasteiger partial charge in [-0.3, -0.25) is 4.79 Å². The van der Waals surface area contributed by atoms with Gasteiger partial charge in [0.05, 0.1) is 0 Å². The molecule has 0 aliphatic carbocycles. The molecule has 0 aromatic rings. The van der Waals surface area contributed by atoms with Crippen molar-refractivity contribution < 1.29 is 13.9 Å². The highest BCUT2D eigenvalue weighted by Gasteiger charge is 2.04. The Balaban J connectivity index is 4.33. The van der Waals surface area contributed by atoms with E-state index in [1.54, 1.807) is 0 Å². The molecule has 0 saturated carbocycles. The van der Waals surface area contributed by atoms with Gasteiger partial charge in [-0.15, -0.1) is 0 Å². The average molecular weight is 175 g/mol. The Morgan fingerprint density at radius 1 is 1.55 bits per heavy atom. The lowest BCUT2D eigenvalue weighted by Gasteiger charge is -1.92. The van der Waals surface area contributed by atoms with Crippen molar-refractivity contribution in [2.24, 2.45) is 0 Å². The average Bonchev–Trinajstić information content (AvgIpc) is 2.02. The Bertz CT molecular complexity index is 218. The van der Waals surface area contributed by atoms with Gasteiger partial charge in [-0.2, -0.15) is 0 Å². The number of halogens is 1. The van der Waals surface area contributed by atoms with E-state index in [4.69, 9.17) is 11.9 Å². The van der Waals surface area contributed by atoms with Gasteiger partial charge in [0.25, 0.3) is 0 Å². The zero-order valence-corrected chi connectivity index (χ0v) is 6.72. The molecular weight excluding hydrogens is 168 g/mol. The molecule has 0 unspecified atom stereocenters. The van der Waals surface area contributed by atoms with E-state index < -0.39 is 5.97 Å². The van der Waals surface area contributed by atoms with E-state index in [-0.39, 0.29) is 11.4 Å². The SMILES string of the molecule is C=CC(=O)/C=C(\C)C(=O)OCl. The Kier molecular flexibility index (Phi) is 4.22. The molecule has 0 aliphatic rings. The van der Waals surface area contributed by atoms with E-state index in [2.05, 4.69) is 10.9 Å². The predicted octanol–water partition coefficient (Wildman–Crippen LogP) is 1.38. The molecule has 4 heteroatoms. The van der Waals surface area contributed by atoms with Crippen molar-refractivity contribution in [3.8, 4) is 0 Å². The molecule has 0 saturated heterocycles. The molecule has 3 nitrogen and oxygen atoms in total. The maximum absolute atomic E-state index is 10.6. The van der Waals surface area contributed by atoms with E-state index in [9.17, 15) is 9.59 Å². The summed E-state index contributed by atoms with van der Waals surface area (Å²) in [6, 6.07) is 0. The third-order valence-electron chi connectivity index (χ3n) is 0.952. The first-order chi connectivity index (χ1) is 5.11. The normalized spacial score (nSPS) is 10.5. The summed E-state index contributed by atoms with van der Waals surface area (Å²) < 4.78 is 3.84. The van der Waals surface area contributed by atoms with Gasteiger partial charge in [-0.1, -0.05) is 6.58 Å². The van der Waals surface area contributed by atoms with Gasteiger partial charge in [0.2, 0.25) is 0 Å². The van der Waals surface area contributed by atoms with Crippen LogP contribution in [0.4, 0.5) is 0 Å². The van der Waals surface area contributed by atoms with E-state index in [0.717, 1.165) is 12.2 Å². The van der Waals surface area contributed by atoms with Crippen LogP contribution in [0.3, 0.4) is 0 Å². The van der Waals surface area contributed by atoms with Crippen LogP contribution in [-0.2, 0) is 13.9 Å². The smallest absolute Gasteiger partial charge is 0.343 e. The highest BCUT2D eigenvalue weighted by molar-refractivity contribution is 6.16. The number of rotatable bonds is 3. The minimum absolute atomic E-state index is 0.143. The highest BCUT2D eigenvalue weighted by atomic mass is 35.5. The first kappa shape index (κ1) is 9.91. The van der Waals surface area contributed by atoms with Gasteiger partial charge in [-0.25, -0.2) is 4.79 Å². The largest absolute Gasteiger partial charge is 0.352 e. The zero-order valence-electron chi connectivity index (χ0n) is 5.96. The van der Waals surface area contributed by atoms with Crippen molar-refractivity contribution >= 4 is 23.6 Å². The lowest BCUT2D eigenvalue weighted by Crippen LogP contribution is -2.00. The highest BCUT2D eigenvalue weighted by Crippen LogP contribution is 1.98. The summed E-state index contributed by atoms with van der Waals surface area (Å²) in [4.78, 5) is 21.2. The molecule has 60 valence electrons. The van der Waals surface area contributed by atoms with Gasteiger partial charge in [0.15, 0.2) is 5.78 Å². The third kappa shape index (κ3) is 3.57. The zero-order chi connectivity index (χ0) is 8.85. The Morgan fingerprint density at radius 3 is 2.45 bits per heavy atom. The molecule has 11 heavy (non-hydrogen) atoms. The number of carbonyl (C=O) groups is 2. The summed E-state index contributed by atoms with van der Waals surface area (Å²) in [7, 11) is 0. The number of allylic oxidation sites excluding steroid dienone is 2. The number of ketones is 1. The molecule has 0 heterocycles. The van der Waals surface area contributed by atoms with Crippen LogP contribution in [0.15, 0.2) is 24.3 Å². The molecule has 0 amide bonds. The molecule has 0 radical (unpaired) electrons. The van der Waals surface area contributed by atoms with Crippen molar-refractivity contribution in [1.82, 2.24) is 0 Å². The summed E-state index contributed by atoms with van der Waals surface area (Å²) in [5.74, 6) is -1.09. The van der Waals surface area contributed by atoms with Gasteiger partial charge in [-0.05, 0) is 19.1 Å². The summed E-state index contributed by atoms with van der Waals surface area (Å²) in [6.07, 6.45) is 2.18. The fourth-order valence-corrected chi connectivity index (χ4v) is 0.514. The molecule has 0 fully saturated rings. The topological polar surface area (TPSA) is 43.4 Å². The van der Waals surface area contributed by atoms with Gasteiger partial charge < -0.3 is 4.29 Å². The monoisotopic (exact) mass is 174 g/mol. The van der Waals surface area contributed by atoms with E-state index >= 15 is 0 Å². The molecule has 0 spiro atoms. The van der Waals surface area contributed by atoms with Crippen LogP contribution in [0.1, 0.15) is 6.92 Å². The molecule has 0 aromatic heterocycles. The standard InChI is InChI=1S/C7H7ClO3/c1-3-6(9)4-5(2)7(10)11-8/h3-4H,1H2,2H3/b5-4+. The Hall–Kier alpha value is -1.09. The molecule has 0 bridgehead atoms. The van der Waals surface area contributed by atoms with Crippen molar-refractivity contribution in [1.29, 1.82) is 0 Å². The first-order valence-electron chi connectivity index (χ1n) is 2.79. The number of hydrogen-bond donors (Lipinski definition) is 0. The second-order valence-corrected chi connectivity index (χ2v) is 1.95. The minimum Gasteiger partial charge on any atom is -0.343 e. The van der Waals surface area contributed by atoms with Crippen LogP contribution >= 0.6 is 11.9 Å². The van der Waals surface area contributed by atoms with Crippen LogP contribution in [0, 0.1) is 0 Å². The fraction of sp³-hybridized carbons (Fsp3) is 0.143. The lowest BCUT2D eigenvalue weighted by atomic mass is 10.2. The Labute approximate surface area is 69.5 Å². The Morgan fingerprint density at radius 2 is 2.09 bits per heavy atom. The lowest BCUT2D eigenvalue weighted by molar-refractivity contribution is -0.129. The number of hydrogen-bond acceptors (Lipinski definition) is 3.